The van der Waals surface area contributed by atoms with Crippen molar-refractivity contribution in [3.05, 3.63) is 98.2 Å². The number of aromatic nitrogens is 2. The molecule has 2 amide bonds. The van der Waals surface area contributed by atoms with Crippen LogP contribution in [0.5, 0.6) is 0 Å². The van der Waals surface area contributed by atoms with E-state index in [0.717, 1.165) is 23.5 Å². The zero-order valence-corrected chi connectivity index (χ0v) is 21.6. The molecule has 0 saturated carbocycles. The van der Waals surface area contributed by atoms with E-state index in [-0.39, 0.29) is 17.9 Å². The molecule has 2 aromatic carbocycles. The summed E-state index contributed by atoms with van der Waals surface area (Å²) in [6, 6.07) is 17.3. The van der Waals surface area contributed by atoms with E-state index < -0.39 is 0 Å². The number of amides is 2. The van der Waals surface area contributed by atoms with E-state index in [1.165, 1.54) is 11.8 Å². The molecule has 1 atom stereocenters. The fraction of sp³-hybridized carbons (Fsp3) is 0.250. The van der Waals surface area contributed by atoms with Crippen LogP contribution in [0.1, 0.15) is 12.8 Å². The van der Waals surface area contributed by atoms with Gasteiger partial charge in [0.1, 0.15) is 6.04 Å². The first-order valence-electron chi connectivity index (χ1n) is 11.8. The van der Waals surface area contributed by atoms with E-state index in [1.807, 2.05) is 95.8 Å². The third kappa shape index (κ3) is 7.36. The van der Waals surface area contributed by atoms with Crippen molar-refractivity contribution in [2.24, 2.45) is 0 Å². The summed E-state index contributed by atoms with van der Waals surface area (Å²) in [5.41, 5.74) is 2.76. The van der Waals surface area contributed by atoms with Crippen LogP contribution in [-0.2, 0) is 9.59 Å². The molecule has 0 unspecified atom stereocenters. The third-order valence-electron chi connectivity index (χ3n) is 5.69. The average molecular weight is 504 g/mol. The lowest BCUT2D eigenvalue weighted by Gasteiger charge is -2.25. The number of likely N-dealkylation sites (tertiary alicyclic amines) is 1. The summed E-state index contributed by atoms with van der Waals surface area (Å²) < 4.78 is 1.97. The van der Waals surface area contributed by atoms with Gasteiger partial charge in [0.15, 0.2) is 0 Å². The highest BCUT2D eigenvalue weighted by molar-refractivity contribution is 7.99. The standard InChI is InChI=1S/C19H25N3O2S.C9H8N2/c1-4-5-12-21(2)16-10-7-6-9-15(16)20-19(24)17-11-8-13-22(17)18(23)14-25-3;1-2-4-9(5-3-1)11-7-6-10-8-11/h4-7,9-10,12,17H,1,8,11,13-14H2,2-3H3,(H,20,24);1-8H/b12-5-;/t17-;/m0./s1. The van der Waals surface area contributed by atoms with Gasteiger partial charge in [-0.2, -0.15) is 11.8 Å². The summed E-state index contributed by atoms with van der Waals surface area (Å²) in [5, 5.41) is 3.00. The Balaban J connectivity index is 0.000000270. The summed E-state index contributed by atoms with van der Waals surface area (Å²) in [5.74, 6) is 0.320. The van der Waals surface area contributed by atoms with Crippen LogP contribution in [0, 0.1) is 0 Å². The SMILES string of the molecule is C=C/C=C\N(C)c1ccccc1NC(=O)[C@@H]1CCCN1C(=O)CSC.c1ccc(-n2ccnc2)cc1. The number of imidazole rings is 1. The van der Waals surface area contributed by atoms with Crippen LogP contribution in [0.25, 0.3) is 5.69 Å². The van der Waals surface area contributed by atoms with Gasteiger partial charge in [-0.15, -0.1) is 0 Å². The molecule has 2 heterocycles. The topological polar surface area (TPSA) is 70.5 Å². The molecule has 7 nitrogen and oxygen atoms in total. The molecular formula is C28H33N5O2S. The van der Waals surface area contributed by atoms with Crippen LogP contribution >= 0.6 is 11.8 Å². The molecule has 36 heavy (non-hydrogen) atoms. The van der Waals surface area contributed by atoms with Gasteiger partial charge in [-0.25, -0.2) is 4.98 Å². The quantitative estimate of drug-likeness (QED) is 0.439. The highest BCUT2D eigenvalue weighted by atomic mass is 32.2. The Hall–Kier alpha value is -3.78. The normalized spacial score (nSPS) is 14.7. The number of rotatable bonds is 8. The van der Waals surface area contributed by atoms with Gasteiger partial charge in [0, 0.05) is 37.9 Å². The number of hydrogen-bond acceptors (Lipinski definition) is 5. The third-order valence-corrected chi connectivity index (χ3v) is 6.23. The van der Waals surface area contributed by atoms with E-state index in [2.05, 4.69) is 16.9 Å². The Morgan fingerprint density at radius 3 is 2.64 bits per heavy atom. The molecule has 1 N–H and O–H groups in total. The number of allylic oxidation sites excluding steroid dienone is 2. The lowest BCUT2D eigenvalue weighted by Crippen LogP contribution is -2.44. The molecule has 0 aliphatic carbocycles. The minimum atomic E-state index is -0.387. The lowest BCUT2D eigenvalue weighted by atomic mass is 10.2. The zero-order valence-electron chi connectivity index (χ0n) is 20.8. The number of nitrogens with one attached hydrogen (secondary N) is 1. The monoisotopic (exact) mass is 503 g/mol. The molecule has 3 aromatic rings. The van der Waals surface area contributed by atoms with Gasteiger partial charge in [0.2, 0.25) is 11.8 Å². The number of hydrogen-bond donors (Lipinski definition) is 1. The van der Waals surface area contributed by atoms with Crippen LogP contribution in [0.15, 0.2) is 98.2 Å². The van der Waals surface area contributed by atoms with Gasteiger partial charge in [-0.05, 0) is 49.4 Å². The van der Waals surface area contributed by atoms with Crippen molar-refractivity contribution in [1.29, 1.82) is 0 Å². The number of benzene rings is 2. The molecule has 0 radical (unpaired) electrons. The first-order chi connectivity index (χ1) is 17.5. The maximum Gasteiger partial charge on any atom is 0.247 e. The smallest absolute Gasteiger partial charge is 0.247 e. The lowest BCUT2D eigenvalue weighted by molar-refractivity contribution is -0.134. The van der Waals surface area contributed by atoms with Crippen molar-refractivity contribution in [1.82, 2.24) is 14.5 Å². The Morgan fingerprint density at radius 1 is 1.19 bits per heavy atom. The highest BCUT2D eigenvalue weighted by Gasteiger charge is 2.33. The van der Waals surface area contributed by atoms with Crippen molar-refractivity contribution in [3.63, 3.8) is 0 Å². The molecule has 1 fully saturated rings. The van der Waals surface area contributed by atoms with Crippen molar-refractivity contribution < 1.29 is 9.59 Å². The van der Waals surface area contributed by atoms with Crippen LogP contribution < -0.4 is 10.2 Å². The van der Waals surface area contributed by atoms with Crippen LogP contribution in [0.3, 0.4) is 0 Å². The summed E-state index contributed by atoms with van der Waals surface area (Å²) in [6.07, 6.45) is 14.4. The number of nitrogens with zero attached hydrogens (tertiary/aromatic N) is 4. The van der Waals surface area contributed by atoms with E-state index >= 15 is 0 Å². The minimum absolute atomic E-state index is 0.0319. The van der Waals surface area contributed by atoms with Gasteiger partial charge in [0.05, 0.1) is 23.5 Å². The van der Waals surface area contributed by atoms with Crippen molar-refractivity contribution in [2.45, 2.75) is 18.9 Å². The van der Waals surface area contributed by atoms with Crippen molar-refractivity contribution in [3.8, 4) is 5.69 Å². The Labute approximate surface area is 217 Å². The summed E-state index contributed by atoms with van der Waals surface area (Å²) in [4.78, 5) is 32.5. The Morgan fingerprint density at radius 2 is 1.94 bits per heavy atom. The first-order valence-corrected chi connectivity index (χ1v) is 13.2. The summed E-state index contributed by atoms with van der Waals surface area (Å²) >= 11 is 1.48. The maximum absolute atomic E-state index is 12.8. The second-order valence-electron chi connectivity index (χ2n) is 8.18. The Kier molecular flexibility index (Phi) is 10.4. The molecule has 1 aliphatic rings. The molecule has 188 valence electrons. The molecule has 0 spiro atoms. The highest BCUT2D eigenvalue weighted by Crippen LogP contribution is 2.27. The van der Waals surface area contributed by atoms with Gasteiger partial charge < -0.3 is 19.7 Å². The second kappa shape index (κ2) is 13.9. The van der Waals surface area contributed by atoms with Gasteiger partial charge >= 0.3 is 0 Å². The Bertz CT molecular complexity index is 1150. The van der Waals surface area contributed by atoms with E-state index in [0.29, 0.717) is 18.7 Å². The molecule has 8 heteroatoms. The second-order valence-corrected chi connectivity index (χ2v) is 9.04. The predicted octanol–water partition coefficient (Wildman–Crippen LogP) is 4.99. The predicted molar refractivity (Wildman–Crippen MR) is 149 cm³/mol. The maximum atomic E-state index is 12.8. The number of carbonyl (C=O) groups is 2. The first kappa shape index (κ1) is 26.8. The number of anilines is 2. The summed E-state index contributed by atoms with van der Waals surface area (Å²) in [6.45, 7) is 4.32. The average Bonchev–Trinajstić information content (AvgIpc) is 3.62. The number of carbonyl (C=O) groups excluding carboxylic acids is 2. The molecule has 1 aliphatic heterocycles. The molecular weight excluding hydrogens is 470 g/mol. The molecule has 1 aromatic heterocycles. The van der Waals surface area contributed by atoms with E-state index in [9.17, 15) is 9.59 Å². The largest absolute Gasteiger partial charge is 0.349 e. The fourth-order valence-corrected chi connectivity index (χ4v) is 4.34. The molecule has 0 bridgehead atoms. The van der Waals surface area contributed by atoms with Crippen LogP contribution in [0.2, 0.25) is 0 Å². The van der Waals surface area contributed by atoms with E-state index in [1.54, 1.807) is 23.5 Å². The number of para-hydroxylation sites is 3. The van der Waals surface area contributed by atoms with Gasteiger partial charge in [0.25, 0.3) is 0 Å². The summed E-state index contributed by atoms with van der Waals surface area (Å²) in [7, 11) is 1.91. The van der Waals surface area contributed by atoms with Crippen molar-refractivity contribution in [2.75, 3.05) is 35.8 Å². The minimum Gasteiger partial charge on any atom is -0.349 e. The van der Waals surface area contributed by atoms with E-state index in [4.69, 9.17) is 0 Å². The number of thioether (sulfide) groups is 1. The molecule has 1 saturated heterocycles. The van der Waals surface area contributed by atoms with Crippen LogP contribution in [0.4, 0.5) is 11.4 Å². The van der Waals surface area contributed by atoms with Crippen LogP contribution in [-0.4, -0.2) is 57.9 Å². The molecule has 4 rings (SSSR count). The van der Waals surface area contributed by atoms with Crippen molar-refractivity contribution >= 4 is 35.0 Å². The van der Waals surface area contributed by atoms with Gasteiger partial charge in [-0.3, -0.25) is 9.59 Å². The van der Waals surface area contributed by atoms with Gasteiger partial charge in [-0.1, -0.05) is 43.0 Å². The zero-order chi connectivity index (χ0) is 25.8. The fourth-order valence-electron chi connectivity index (χ4n) is 3.93.